The van der Waals surface area contributed by atoms with Crippen LogP contribution in [0.1, 0.15) is 0 Å². The molecule has 0 aromatic heterocycles. The number of nitrogens with zero attached hydrogens (tertiary/aromatic N) is 1. The second kappa shape index (κ2) is 5.18. The zero-order chi connectivity index (χ0) is 13.1. The SMILES string of the molecule is COc1ccc(-c2ccc(Br)cc2[N+](=O)[O-])cc1. The van der Waals surface area contributed by atoms with Crippen molar-refractivity contribution in [3.63, 3.8) is 0 Å². The average molecular weight is 308 g/mol. The molecule has 0 aliphatic rings. The maximum Gasteiger partial charge on any atom is 0.278 e. The van der Waals surface area contributed by atoms with Gasteiger partial charge >= 0.3 is 0 Å². The molecule has 0 amide bonds. The van der Waals surface area contributed by atoms with E-state index < -0.39 is 0 Å². The minimum atomic E-state index is -0.385. The maximum absolute atomic E-state index is 11.0. The van der Waals surface area contributed by atoms with Gasteiger partial charge in [-0.15, -0.1) is 0 Å². The molecule has 0 heterocycles. The fourth-order valence-corrected chi connectivity index (χ4v) is 2.02. The summed E-state index contributed by atoms with van der Waals surface area (Å²) in [7, 11) is 1.58. The molecule has 0 N–H and O–H groups in total. The van der Waals surface area contributed by atoms with E-state index in [9.17, 15) is 10.1 Å². The summed E-state index contributed by atoms with van der Waals surface area (Å²) in [4.78, 5) is 10.6. The first-order valence-electron chi connectivity index (χ1n) is 5.20. The summed E-state index contributed by atoms with van der Waals surface area (Å²) in [5.41, 5.74) is 1.45. The first-order chi connectivity index (χ1) is 8.61. The van der Waals surface area contributed by atoms with Gasteiger partial charge in [0, 0.05) is 10.5 Å². The van der Waals surface area contributed by atoms with Gasteiger partial charge in [0.1, 0.15) is 5.75 Å². The zero-order valence-corrected chi connectivity index (χ0v) is 11.2. The molecule has 0 spiro atoms. The molecule has 0 saturated heterocycles. The maximum atomic E-state index is 11.0. The number of rotatable bonds is 3. The van der Waals surface area contributed by atoms with Crippen LogP contribution in [0.15, 0.2) is 46.9 Å². The molecule has 0 atom stereocenters. The van der Waals surface area contributed by atoms with E-state index in [1.54, 1.807) is 43.5 Å². The summed E-state index contributed by atoms with van der Waals surface area (Å²) >= 11 is 3.24. The second-order valence-corrected chi connectivity index (χ2v) is 4.56. The Morgan fingerprint density at radius 1 is 1.17 bits per heavy atom. The molecule has 5 heteroatoms. The normalized spacial score (nSPS) is 10.1. The summed E-state index contributed by atoms with van der Waals surface area (Å²) in [6.07, 6.45) is 0. The van der Waals surface area contributed by atoms with Crippen LogP contribution in [0.5, 0.6) is 5.75 Å². The molecule has 0 aliphatic heterocycles. The molecule has 0 aliphatic carbocycles. The molecule has 4 nitrogen and oxygen atoms in total. The number of hydrogen-bond acceptors (Lipinski definition) is 3. The first-order valence-corrected chi connectivity index (χ1v) is 5.99. The van der Waals surface area contributed by atoms with Crippen LogP contribution in [-0.4, -0.2) is 12.0 Å². The summed E-state index contributed by atoms with van der Waals surface area (Å²) in [5.74, 6) is 0.721. The van der Waals surface area contributed by atoms with Crippen molar-refractivity contribution in [3.8, 4) is 16.9 Å². The van der Waals surface area contributed by atoms with E-state index in [-0.39, 0.29) is 10.6 Å². The number of nitro groups is 1. The number of hydrogen-bond donors (Lipinski definition) is 0. The highest BCUT2D eigenvalue weighted by atomic mass is 79.9. The van der Waals surface area contributed by atoms with Crippen molar-refractivity contribution in [2.24, 2.45) is 0 Å². The molecule has 0 radical (unpaired) electrons. The summed E-state index contributed by atoms with van der Waals surface area (Å²) in [6, 6.07) is 12.2. The Kier molecular flexibility index (Phi) is 3.62. The highest BCUT2D eigenvalue weighted by Crippen LogP contribution is 2.33. The Hall–Kier alpha value is -1.88. The van der Waals surface area contributed by atoms with E-state index in [1.165, 1.54) is 6.07 Å². The minimum Gasteiger partial charge on any atom is -0.497 e. The van der Waals surface area contributed by atoms with Crippen LogP contribution < -0.4 is 4.74 Å². The molecular weight excluding hydrogens is 298 g/mol. The van der Waals surface area contributed by atoms with E-state index in [1.807, 2.05) is 0 Å². The van der Waals surface area contributed by atoms with Gasteiger partial charge < -0.3 is 4.74 Å². The predicted molar refractivity (Wildman–Crippen MR) is 72.8 cm³/mol. The van der Waals surface area contributed by atoms with Crippen molar-refractivity contribution in [1.82, 2.24) is 0 Å². The Morgan fingerprint density at radius 2 is 1.83 bits per heavy atom. The van der Waals surface area contributed by atoms with Gasteiger partial charge in [-0.3, -0.25) is 10.1 Å². The van der Waals surface area contributed by atoms with Crippen molar-refractivity contribution >= 4 is 21.6 Å². The molecule has 0 unspecified atom stereocenters. The van der Waals surface area contributed by atoms with Crippen molar-refractivity contribution in [1.29, 1.82) is 0 Å². The molecule has 2 rings (SSSR count). The molecule has 0 fully saturated rings. The lowest BCUT2D eigenvalue weighted by Gasteiger charge is -2.05. The van der Waals surface area contributed by atoms with Gasteiger partial charge in [0.15, 0.2) is 0 Å². The summed E-state index contributed by atoms with van der Waals surface area (Å²) in [5, 5.41) is 11.0. The van der Waals surface area contributed by atoms with Gasteiger partial charge in [-0.25, -0.2) is 0 Å². The number of halogens is 1. The van der Waals surface area contributed by atoms with Crippen LogP contribution in [-0.2, 0) is 0 Å². The quantitative estimate of drug-likeness (QED) is 0.635. The molecule has 2 aromatic rings. The number of ether oxygens (including phenoxy) is 1. The lowest BCUT2D eigenvalue weighted by Crippen LogP contribution is -1.92. The second-order valence-electron chi connectivity index (χ2n) is 3.65. The van der Waals surface area contributed by atoms with Crippen LogP contribution in [0.2, 0.25) is 0 Å². The summed E-state index contributed by atoms with van der Waals surface area (Å²) < 4.78 is 5.75. The third-order valence-electron chi connectivity index (χ3n) is 2.56. The van der Waals surface area contributed by atoms with Crippen molar-refractivity contribution < 1.29 is 9.66 Å². The van der Waals surface area contributed by atoms with Gasteiger partial charge in [-0.1, -0.05) is 28.1 Å². The molecular formula is C13H10BrNO3. The molecule has 0 saturated carbocycles. The zero-order valence-electron chi connectivity index (χ0n) is 9.59. The van der Waals surface area contributed by atoms with Crippen LogP contribution in [0.4, 0.5) is 5.69 Å². The monoisotopic (exact) mass is 307 g/mol. The first kappa shape index (κ1) is 12.6. The van der Waals surface area contributed by atoms with Gasteiger partial charge in [0.2, 0.25) is 0 Å². The van der Waals surface area contributed by atoms with Gasteiger partial charge in [-0.2, -0.15) is 0 Å². The largest absolute Gasteiger partial charge is 0.497 e. The fraction of sp³-hybridized carbons (Fsp3) is 0.0769. The Morgan fingerprint density at radius 3 is 2.39 bits per heavy atom. The fourth-order valence-electron chi connectivity index (χ4n) is 1.67. The standard InChI is InChI=1S/C13H10BrNO3/c1-18-11-5-2-9(3-6-11)12-7-4-10(14)8-13(12)15(16)17/h2-8H,1H3. The number of benzene rings is 2. The topological polar surface area (TPSA) is 52.4 Å². The van der Waals surface area contributed by atoms with E-state index in [2.05, 4.69) is 15.9 Å². The average Bonchev–Trinajstić information content (AvgIpc) is 2.39. The molecule has 18 heavy (non-hydrogen) atoms. The highest BCUT2D eigenvalue weighted by molar-refractivity contribution is 9.10. The molecule has 0 bridgehead atoms. The van der Waals surface area contributed by atoms with Gasteiger partial charge in [0.05, 0.1) is 17.6 Å². The smallest absolute Gasteiger partial charge is 0.278 e. The Labute approximate surface area is 112 Å². The van der Waals surface area contributed by atoms with E-state index in [0.29, 0.717) is 10.0 Å². The van der Waals surface area contributed by atoms with Gasteiger partial charge in [-0.05, 0) is 29.8 Å². The van der Waals surface area contributed by atoms with Crippen LogP contribution in [0.25, 0.3) is 11.1 Å². The molecule has 92 valence electrons. The predicted octanol–water partition coefficient (Wildman–Crippen LogP) is 4.03. The van der Waals surface area contributed by atoms with E-state index in [0.717, 1.165) is 11.3 Å². The third-order valence-corrected chi connectivity index (χ3v) is 3.05. The van der Waals surface area contributed by atoms with E-state index >= 15 is 0 Å². The summed E-state index contributed by atoms with van der Waals surface area (Å²) in [6.45, 7) is 0. The lowest BCUT2D eigenvalue weighted by molar-refractivity contribution is -0.384. The van der Waals surface area contributed by atoms with Crippen LogP contribution >= 0.6 is 15.9 Å². The van der Waals surface area contributed by atoms with Crippen molar-refractivity contribution in [2.75, 3.05) is 7.11 Å². The number of methoxy groups -OCH3 is 1. The van der Waals surface area contributed by atoms with Crippen LogP contribution in [0, 0.1) is 10.1 Å². The van der Waals surface area contributed by atoms with Crippen LogP contribution in [0.3, 0.4) is 0 Å². The third kappa shape index (κ3) is 2.51. The Bertz CT molecular complexity index is 581. The lowest BCUT2D eigenvalue weighted by atomic mass is 10.0. The highest BCUT2D eigenvalue weighted by Gasteiger charge is 2.15. The van der Waals surface area contributed by atoms with Gasteiger partial charge in [0.25, 0.3) is 5.69 Å². The Balaban J connectivity index is 2.52. The number of nitro benzene ring substituents is 1. The van der Waals surface area contributed by atoms with E-state index in [4.69, 9.17) is 4.74 Å². The molecule has 2 aromatic carbocycles. The van der Waals surface area contributed by atoms with Crippen molar-refractivity contribution in [3.05, 3.63) is 57.1 Å². The minimum absolute atomic E-state index is 0.0783. The van der Waals surface area contributed by atoms with Crippen molar-refractivity contribution in [2.45, 2.75) is 0 Å².